The lowest BCUT2D eigenvalue weighted by molar-refractivity contribution is 0.423. The lowest BCUT2D eigenvalue weighted by Gasteiger charge is -2.24. The zero-order valence-electron chi connectivity index (χ0n) is 6.61. The summed E-state index contributed by atoms with van der Waals surface area (Å²) in [5.74, 6) is 2.36. The van der Waals surface area contributed by atoms with E-state index < -0.39 is 0 Å². The highest BCUT2D eigenvalue weighted by Gasteiger charge is 2.33. The van der Waals surface area contributed by atoms with Crippen molar-refractivity contribution < 1.29 is 0 Å². The van der Waals surface area contributed by atoms with Crippen molar-refractivity contribution >= 4 is 11.8 Å². The van der Waals surface area contributed by atoms with E-state index in [0.29, 0.717) is 4.75 Å². The summed E-state index contributed by atoms with van der Waals surface area (Å²) in [6.45, 7) is 7.05. The first-order valence-corrected chi connectivity index (χ1v) is 4.79. The minimum absolute atomic E-state index is 0.578. The monoisotopic (exact) mass is 144 g/mol. The van der Waals surface area contributed by atoms with Crippen LogP contribution in [-0.4, -0.2) is 10.5 Å². The van der Waals surface area contributed by atoms with Crippen LogP contribution in [0.5, 0.6) is 0 Å². The molecule has 1 heterocycles. The molecule has 0 aromatic rings. The van der Waals surface area contributed by atoms with Gasteiger partial charge >= 0.3 is 0 Å². The average Bonchev–Trinajstić information content (AvgIpc) is 2.08. The molecule has 1 heteroatoms. The molecule has 1 rings (SSSR count). The molecule has 1 fully saturated rings. The molecular formula is C8H16S. The second-order valence-electron chi connectivity index (χ2n) is 3.35. The van der Waals surface area contributed by atoms with Gasteiger partial charge in [0.1, 0.15) is 0 Å². The van der Waals surface area contributed by atoms with Crippen LogP contribution in [0.4, 0.5) is 0 Å². The number of thioether (sulfide) groups is 1. The van der Waals surface area contributed by atoms with Gasteiger partial charge < -0.3 is 0 Å². The SMILES string of the molecule is CCC1CCSC1(C)C. The average molecular weight is 144 g/mol. The molecule has 1 unspecified atom stereocenters. The van der Waals surface area contributed by atoms with Crippen LogP contribution in [0.2, 0.25) is 0 Å². The topological polar surface area (TPSA) is 0 Å². The van der Waals surface area contributed by atoms with Crippen LogP contribution >= 0.6 is 11.8 Å². The van der Waals surface area contributed by atoms with Gasteiger partial charge in [-0.15, -0.1) is 0 Å². The summed E-state index contributed by atoms with van der Waals surface area (Å²) in [5.41, 5.74) is 0. The molecule has 0 nitrogen and oxygen atoms in total. The fourth-order valence-corrected chi connectivity index (χ4v) is 3.07. The summed E-state index contributed by atoms with van der Waals surface area (Å²) in [5, 5.41) is 0. The van der Waals surface area contributed by atoms with Crippen LogP contribution < -0.4 is 0 Å². The van der Waals surface area contributed by atoms with Gasteiger partial charge in [0.15, 0.2) is 0 Å². The van der Waals surface area contributed by atoms with Gasteiger partial charge in [-0.2, -0.15) is 11.8 Å². The largest absolute Gasteiger partial charge is 0.155 e. The van der Waals surface area contributed by atoms with E-state index in [1.165, 1.54) is 18.6 Å². The van der Waals surface area contributed by atoms with Crippen molar-refractivity contribution in [3.8, 4) is 0 Å². The van der Waals surface area contributed by atoms with E-state index in [9.17, 15) is 0 Å². The van der Waals surface area contributed by atoms with Gasteiger partial charge in [0.2, 0.25) is 0 Å². The molecule has 54 valence electrons. The lowest BCUT2D eigenvalue weighted by atomic mass is 9.91. The van der Waals surface area contributed by atoms with E-state index in [4.69, 9.17) is 0 Å². The Hall–Kier alpha value is 0.350. The zero-order chi connectivity index (χ0) is 6.91. The van der Waals surface area contributed by atoms with E-state index in [-0.39, 0.29) is 0 Å². The van der Waals surface area contributed by atoms with Gasteiger partial charge in [-0.05, 0) is 18.1 Å². The second kappa shape index (κ2) is 2.53. The molecule has 0 amide bonds. The first kappa shape index (κ1) is 7.46. The van der Waals surface area contributed by atoms with Crippen molar-refractivity contribution in [3.63, 3.8) is 0 Å². The van der Waals surface area contributed by atoms with Gasteiger partial charge in [-0.25, -0.2) is 0 Å². The van der Waals surface area contributed by atoms with Crippen molar-refractivity contribution in [1.82, 2.24) is 0 Å². The molecule has 0 saturated carbocycles. The van der Waals surface area contributed by atoms with E-state index in [1.54, 1.807) is 0 Å². The summed E-state index contributed by atoms with van der Waals surface area (Å²) >= 11 is 2.13. The summed E-state index contributed by atoms with van der Waals surface area (Å²) < 4.78 is 0.578. The minimum atomic E-state index is 0.578. The first-order valence-electron chi connectivity index (χ1n) is 3.81. The maximum Gasteiger partial charge on any atom is 0.0132 e. The Morgan fingerprint density at radius 2 is 2.22 bits per heavy atom. The summed E-state index contributed by atoms with van der Waals surface area (Å²) in [4.78, 5) is 0. The van der Waals surface area contributed by atoms with Gasteiger partial charge in [0, 0.05) is 4.75 Å². The lowest BCUT2D eigenvalue weighted by Crippen LogP contribution is -2.20. The van der Waals surface area contributed by atoms with E-state index in [2.05, 4.69) is 32.5 Å². The van der Waals surface area contributed by atoms with Crippen molar-refractivity contribution in [2.45, 2.75) is 38.4 Å². The molecule has 1 saturated heterocycles. The molecule has 1 aliphatic heterocycles. The second-order valence-corrected chi connectivity index (χ2v) is 5.09. The Morgan fingerprint density at radius 3 is 2.44 bits per heavy atom. The Morgan fingerprint density at radius 1 is 1.56 bits per heavy atom. The Labute approximate surface area is 62.4 Å². The standard InChI is InChI=1S/C8H16S/c1-4-7-5-6-9-8(7,2)3/h7H,4-6H2,1-3H3. The zero-order valence-corrected chi connectivity index (χ0v) is 7.42. The fraction of sp³-hybridized carbons (Fsp3) is 1.00. The van der Waals surface area contributed by atoms with Crippen molar-refractivity contribution in [1.29, 1.82) is 0 Å². The maximum absolute atomic E-state index is 2.37. The van der Waals surface area contributed by atoms with Crippen LogP contribution in [0.15, 0.2) is 0 Å². The Balaban J connectivity index is 2.52. The molecule has 0 radical (unpaired) electrons. The minimum Gasteiger partial charge on any atom is -0.155 e. The van der Waals surface area contributed by atoms with Crippen LogP contribution in [-0.2, 0) is 0 Å². The normalized spacial score (nSPS) is 33.0. The maximum atomic E-state index is 2.37. The van der Waals surface area contributed by atoms with Gasteiger partial charge in [-0.3, -0.25) is 0 Å². The van der Waals surface area contributed by atoms with Crippen LogP contribution in [0.1, 0.15) is 33.6 Å². The number of hydrogen-bond donors (Lipinski definition) is 0. The van der Waals surface area contributed by atoms with E-state index >= 15 is 0 Å². The van der Waals surface area contributed by atoms with Gasteiger partial charge in [0.25, 0.3) is 0 Å². The molecule has 0 aromatic carbocycles. The third-order valence-electron chi connectivity index (χ3n) is 2.42. The smallest absolute Gasteiger partial charge is 0.0132 e. The van der Waals surface area contributed by atoms with Crippen LogP contribution in [0.3, 0.4) is 0 Å². The summed E-state index contributed by atoms with van der Waals surface area (Å²) in [6, 6.07) is 0. The highest BCUT2D eigenvalue weighted by Crippen LogP contribution is 2.43. The third-order valence-corrected chi connectivity index (χ3v) is 3.93. The number of rotatable bonds is 1. The predicted molar refractivity (Wildman–Crippen MR) is 44.9 cm³/mol. The van der Waals surface area contributed by atoms with E-state index in [1.807, 2.05) is 0 Å². The predicted octanol–water partition coefficient (Wildman–Crippen LogP) is 2.93. The van der Waals surface area contributed by atoms with Crippen molar-refractivity contribution in [2.75, 3.05) is 5.75 Å². The fourth-order valence-electron chi connectivity index (χ4n) is 1.63. The van der Waals surface area contributed by atoms with Crippen LogP contribution in [0.25, 0.3) is 0 Å². The molecule has 0 spiro atoms. The molecule has 0 aliphatic carbocycles. The van der Waals surface area contributed by atoms with Crippen LogP contribution in [0, 0.1) is 5.92 Å². The van der Waals surface area contributed by atoms with E-state index in [0.717, 1.165) is 5.92 Å². The first-order chi connectivity index (χ1) is 4.17. The van der Waals surface area contributed by atoms with Crippen molar-refractivity contribution in [3.05, 3.63) is 0 Å². The summed E-state index contributed by atoms with van der Waals surface area (Å²) in [6.07, 6.45) is 2.80. The highest BCUT2D eigenvalue weighted by atomic mass is 32.2. The molecule has 1 atom stereocenters. The molecule has 0 N–H and O–H groups in total. The van der Waals surface area contributed by atoms with Gasteiger partial charge in [0.05, 0.1) is 0 Å². The quantitative estimate of drug-likeness (QED) is 0.545. The highest BCUT2D eigenvalue weighted by molar-refractivity contribution is 8.00. The molecule has 9 heavy (non-hydrogen) atoms. The number of hydrogen-bond acceptors (Lipinski definition) is 1. The third kappa shape index (κ3) is 1.43. The Kier molecular flexibility index (Phi) is 2.10. The molecular weight excluding hydrogens is 128 g/mol. The van der Waals surface area contributed by atoms with Gasteiger partial charge in [-0.1, -0.05) is 27.2 Å². The molecule has 0 aromatic heterocycles. The molecule has 0 bridgehead atoms. The molecule has 1 aliphatic rings. The Bertz CT molecular complexity index is 96.7. The summed E-state index contributed by atoms with van der Waals surface area (Å²) in [7, 11) is 0. The van der Waals surface area contributed by atoms with Crippen molar-refractivity contribution in [2.24, 2.45) is 5.92 Å².